The van der Waals surface area contributed by atoms with E-state index in [1.54, 1.807) is 20.2 Å². The van der Waals surface area contributed by atoms with E-state index in [1.807, 2.05) is 0 Å². The maximum absolute atomic E-state index is 12.0. The molecule has 1 aromatic heterocycles. The van der Waals surface area contributed by atoms with Crippen molar-refractivity contribution in [2.45, 2.75) is 6.42 Å². The lowest BCUT2D eigenvalue weighted by Crippen LogP contribution is -2.39. The van der Waals surface area contributed by atoms with Crippen molar-refractivity contribution in [3.63, 3.8) is 0 Å². The molecule has 0 radical (unpaired) electrons. The van der Waals surface area contributed by atoms with E-state index in [2.05, 4.69) is 10.3 Å². The minimum absolute atomic E-state index is 0.0278. The van der Waals surface area contributed by atoms with Crippen molar-refractivity contribution < 1.29 is 14.3 Å². The number of rotatable bonds is 7. The highest BCUT2D eigenvalue weighted by Gasteiger charge is 2.16. The molecule has 1 aromatic rings. The number of carbonyl (C=O) groups excluding carboxylic acids is 2. The Bertz CT molecular complexity index is 468. The monoisotopic (exact) mass is 299 g/mol. The average Bonchev–Trinajstić information content (AvgIpc) is 2.42. The molecule has 0 aliphatic heterocycles. The average molecular weight is 300 g/mol. The Labute approximate surface area is 123 Å². The Kier molecular flexibility index (Phi) is 6.97. The number of carbonyl (C=O) groups is 2. The van der Waals surface area contributed by atoms with Gasteiger partial charge in [0.15, 0.2) is 0 Å². The summed E-state index contributed by atoms with van der Waals surface area (Å²) < 4.78 is 4.88. The summed E-state index contributed by atoms with van der Waals surface area (Å²) in [4.78, 5) is 28.9. The number of nitrogens with zero attached hydrogens (tertiary/aromatic N) is 2. The molecule has 1 heterocycles. The van der Waals surface area contributed by atoms with Crippen molar-refractivity contribution in [2.75, 3.05) is 33.9 Å². The standard InChI is InChI=1S/C13H18ClN3O3/c1-17(9-12(18)16-5-3-7-20-2)13(19)11-8-10(14)4-6-15-11/h4,6,8H,3,5,7,9H2,1-2H3,(H,16,18). The first-order valence-corrected chi connectivity index (χ1v) is 6.55. The second kappa shape index (κ2) is 8.50. The van der Waals surface area contributed by atoms with Crippen LogP contribution in [-0.4, -0.2) is 55.6 Å². The highest BCUT2D eigenvalue weighted by Crippen LogP contribution is 2.09. The first kappa shape index (κ1) is 16.4. The summed E-state index contributed by atoms with van der Waals surface area (Å²) in [5.41, 5.74) is 0.215. The summed E-state index contributed by atoms with van der Waals surface area (Å²) >= 11 is 5.80. The highest BCUT2D eigenvalue weighted by molar-refractivity contribution is 6.30. The highest BCUT2D eigenvalue weighted by atomic mass is 35.5. The smallest absolute Gasteiger partial charge is 0.272 e. The summed E-state index contributed by atoms with van der Waals surface area (Å²) in [7, 11) is 3.14. The van der Waals surface area contributed by atoms with E-state index in [4.69, 9.17) is 16.3 Å². The van der Waals surface area contributed by atoms with Gasteiger partial charge in [0.05, 0.1) is 6.54 Å². The van der Waals surface area contributed by atoms with E-state index in [0.29, 0.717) is 18.2 Å². The molecule has 1 rings (SSSR count). The van der Waals surface area contributed by atoms with Gasteiger partial charge in [-0.1, -0.05) is 11.6 Å². The number of ether oxygens (including phenoxy) is 1. The number of amides is 2. The number of methoxy groups -OCH3 is 1. The molecule has 0 unspecified atom stereocenters. The lowest BCUT2D eigenvalue weighted by Gasteiger charge is -2.16. The maximum atomic E-state index is 12.0. The van der Waals surface area contributed by atoms with E-state index in [1.165, 1.54) is 17.2 Å². The zero-order chi connectivity index (χ0) is 15.0. The van der Waals surface area contributed by atoms with Crippen molar-refractivity contribution in [1.82, 2.24) is 15.2 Å². The second-order valence-electron chi connectivity index (χ2n) is 4.22. The number of aromatic nitrogens is 1. The van der Waals surface area contributed by atoms with Crippen molar-refractivity contribution in [2.24, 2.45) is 0 Å². The normalized spacial score (nSPS) is 10.2. The molecule has 20 heavy (non-hydrogen) atoms. The van der Waals surface area contributed by atoms with Crippen LogP contribution < -0.4 is 5.32 Å². The van der Waals surface area contributed by atoms with Gasteiger partial charge in [-0.15, -0.1) is 0 Å². The number of pyridine rings is 1. The van der Waals surface area contributed by atoms with Gasteiger partial charge in [0.1, 0.15) is 5.69 Å². The molecule has 0 fully saturated rings. The largest absolute Gasteiger partial charge is 0.385 e. The van der Waals surface area contributed by atoms with E-state index in [9.17, 15) is 9.59 Å². The third-order valence-corrected chi connectivity index (χ3v) is 2.75. The number of hydrogen-bond acceptors (Lipinski definition) is 4. The summed E-state index contributed by atoms with van der Waals surface area (Å²) in [5.74, 6) is -0.571. The minimum Gasteiger partial charge on any atom is -0.385 e. The summed E-state index contributed by atoms with van der Waals surface area (Å²) in [6.07, 6.45) is 2.18. The molecule has 0 bridgehead atoms. The van der Waals surface area contributed by atoms with Crippen LogP contribution in [0.3, 0.4) is 0 Å². The fraction of sp³-hybridized carbons (Fsp3) is 0.462. The van der Waals surface area contributed by atoms with Crippen LogP contribution in [0.1, 0.15) is 16.9 Å². The maximum Gasteiger partial charge on any atom is 0.272 e. The van der Waals surface area contributed by atoms with Gasteiger partial charge in [-0.05, 0) is 18.6 Å². The van der Waals surface area contributed by atoms with Gasteiger partial charge in [-0.2, -0.15) is 0 Å². The third kappa shape index (κ3) is 5.54. The Balaban J connectivity index is 2.43. The topological polar surface area (TPSA) is 71.5 Å². The first-order valence-electron chi connectivity index (χ1n) is 6.17. The molecule has 2 amide bonds. The van der Waals surface area contributed by atoms with Crippen molar-refractivity contribution >= 4 is 23.4 Å². The minimum atomic E-state index is -0.348. The number of likely N-dealkylation sites (N-methyl/N-ethyl adjacent to an activating group) is 1. The van der Waals surface area contributed by atoms with Crippen LogP contribution >= 0.6 is 11.6 Å². The zero-order valence-corrected chi connectivity index (χ0v) is 12.3. The molecule has 0 saturated carbocycles. The fourth-order valence-electron chi connectivity index (χ4n) is 1.50. The van der Waals surface area contributed by atoms with E-state index in [-0.39, 0.29) is 24.1 Å². The van der Waals surface area contributed by atoms with Gasteiger partial charge in [0.25, 0.3) is 5.91 Å². The third-order valence-electron chi connectivity index (χ3n) is 2.52. The quantitative estimate of drug-likeness (QED) is 0.761. The molecule has 7 heteroatoms. The van der Waals surface area contributed by atoms with Crippen LogP contribution in [0.2, 0.25) is 5.02 Å². The number of hydrogen-bond donors (Lipinski definition) is 1. The Morgan fingerprint density at radius 1 is 1.50 bits per heavy atom. The SMILES string of the molecule is COCCCNC(=O)CN(C)C(=O)c1cc(Cl)ccn1. The van der Waals surface area contributed by atoms with Crippen LogP contribution in [0.25, 0.3) is 0 Å². The van der Waals surface area contributed by atoms with Crippen LogP contribution in [0.5, 0.6) is 0 Å². The Morgan fingerprint density at radius 3 is 2.90 bits per heavy atom. The van der Waals surface area contributed by atoms with Crippen molar-refractivity contribution in [3.05, 3.63) is 29.0 Å². The predicted octanol–water partition coefficient (Wildman–Crippen LogP) is 0.960. The fourth-order valence-corrected chi connectivity index (χ4v) is 1.66. The summed E-state index contributed by atoms with van der Waals surface area (Å²) in [6.45, 7) is 1.08. The molecule has 0 atom stereocenters. The molecule has 0 aromatic carbocycles. The predicted molar refractivity (Wildman–Crippen MR) is 75.7 cm³/mol. The van der Waals surface area contributed by atoms with Crippen LogP contribution in [0, 0.1) is 0 Å². The van der Waals surface area contributed by atoms with Crippen LogP contribution in [-0.2, 0) is 9.53 Å². The molecule has 0 aliphatic carbocycles. The second-order valence-corrected chi connectivity index (χ2v) is 4.65. The molecular weight excluding hydrogens is 282 g/mol. The summed E-state index contributed by atoms with van der Waals surface area (Å²) in [5, 5.41) is 3.14. The van der Waals surface area contributed by atoms with E-state index >= 15 is 0 Å². The molecule has 110 valence electrons. The van der Waals surface area contributed by atoms with E-state index in [0.717, 1.165) is 6.42 Å². The van der Waals surface area contributed by atoms with Gasteiger partial charge in [-0.25, -0.2) is 0 Å². The zero-order valence-electron chi connectivity index (χ0n) is 11.6. The lowest BCUT2D eigenvalue weighted by molar-refractivity contribution is -0.121. The molecular formula is C13H18ClN3O3. The van der Waals surface area contributed by atoms with Gasteiger partial charge in [0, 0.05) is 38.5 Å². The first-order chi connectivity index (χ1) is 9.54. The summed E-state index contributed by atoms with van der Waals surface area (Å²) in [6, 6.07) is 3.05. The van der Waals surface area contributed by atoms with Gasteiger partial charge < -0.3 is 15.0 Å². The molecule has 0 aliphatic rings. The van der Waals surface area contributed by atoms with Crippen molar-refractivity contribution in [1.29, 1.82) is 0 Å². The number of nitrogens with one attached hydrogen (secondary N) is 1. The molecule has 6 nitrogen and oxygen atoms in total. The van der Waals surface area contributed by atoms with E-state index < -0.39 is 0 Å². The Hall–Kier alpha value is -1.66. The Morgan fingerprint density at radius 2 is 2.25 bits per heavy atom. The molecule has 1 N–H and O–H groups in total. The van der Waals surface area contributed by atoms with Gasteiger partial charge >= 0.3 is 0 Å². The molecule has 0 spiro atoms. The van der Waals surface area contributed by atoms with Crippen molar-refractivity contribution in [3.8, 4) is 0 Å². The van der Waals surface area contributed by atoms with Gasteiger partial charge in [-0.3, -0.25) is 14.6 Å². The molecule has 0 saturated heterocycles. The number of halogens is 1. The van der Waals surface area contributed by atoms with Crippen LogP contribution in [0.15, 0.2) is 18.3 Å². The van der Waals surface area contributed by atoms with Crippen LogP contribution in [0.4, 0.5) is 0 Å². The van der Waals surface area contributed by atoms with Gasteiger partial charge in [0.2, 0.25) is 5.91 Å². The lowest BCUT2D eigenvalue weighted by atomic mass is 10.3.